The number of hydrogen-bond acceptors (Lipinski definition) is 2. The Kier molecular flexibility index (Phi) is 6.48. The van der Waals surface area contributed by atoms with E-state index in [1.165, 1.54) is 0 Å². The molecule has 0 saturated heterocycles. The molecule has 5 unspecified atom stereocenters. The van der Waals surface area contributed by atoms with Gasteiger partial charge in [0.15, 0.2) is 5.78 Å². The molecule has 1 aliphatic rings. The molecule has 2 nitrogen and oxygen atoms in total. The van der Waals surface area contributed by atoms with E-state index in [9.17, 15) is 9.90 Å². The molecule has 0 aromatic heterocycles. The Hall–Kier alpha value is -2.97. The third kappa shape index (κ3) is 4.55. The summed E-state index contributed by atoms with van der Waals surface area (Å²) in [4.78, 5) is 14.0. The van der Waals surface area contributed by atoms with Crippen LogP contribution in [0.4, 0.5) is 0 Å². The highest BCUT2D eigenvalue weighted by Crippen LogP contribution is 2.50. The van der Waals surface area contributed by atoms with Gasteiger partial charge in [0.2, 0.25) is 0 Å². The molecule has 1 fully saturated rings. The molecule has 0 bridgehead atoms. The fourth-order valence-corrected chi connectivity index (χ4v) is 5.15. The molecule has 3 aromatic rings. The number of ketones is 1. The van der Waals surface area contributed by atoms with Gasteiger partial charge < -0.3 is 5.11 Å². The van der Waals surface area contributed by atoms with Crippen molar-refractivity contribution in [3.8, 4) is 0 Å². The summed E-state index contributed by atoms with van der Waals surface area (Å²) in [6.07, 6.45) is 2.14. The first-order chi connectivity index (χ1) is 15.1. The largest absolute Gasteiger partial charge is 0.393 e. The van der Waals surface area contributed by atoms with Crippen LogP contribution < -0.4 is 0 Å². The van der Waals surface area contributed by atoms with E-state index < -0.39 is 6.10 Å². The van der Waals surface area contributed by atoms with Crippen LogP contribution in [-0.2, 0) is 4.79 Å². The standard InChI is InChI=1S/C29H30O2/c1-20(18-22-12-6-3-7-13-22)29(31)28-25(23-14-8-4-9-15-23)19-26(30)21(2)27(28)24-16-10-5-11-17-24/h3-18,21,25-28,30H,19H2,1-2H3/b20-18+. The average Bonchev–Trinajstić information content (AvgIpc) is 2.81. The van der Waals surface area contributed by atoms with E-state index in [-0.39, 0.29) is 29.5 Å². The van der Waals surface area contributed by atoms with Gasteiger partial charge in [-0.05, 0) is 59.4 Å². The Morgan fingerprint density at radius 3 is 1.94 bits per heavy atom. The molecule has 5 atom stereocenters. The summed E-state index contributed by atoms with van der Waals surface area (Å²) in [5.41, 5.74) is 4.05. The van der Waals surface area contributed by atoms with Crippen molar-refractivity contribution in [2.75, 3.05) is 0 Å². The number of rotatable bonds is 5. The molecule has 4 rings (SSSR count). The summed E-state index contributed by atoms with van der Waals surface area (Å²) < 4.78 is 0. The number of aliphatic hydroxyl groups is 1. The van der Waals surface area contributed by atoms with Gasteiger partial charge in [-0.1, -0.05) is 97.9 Å². The van der Waals surface area contributed by atoms with Gasteiger partial charge in [-0.25, -0.2) is 0 Å². The maximum absolute atomic E-state index is 14.0. The minimum Gasteiger partial charge on any atom is -0.393 e. The van der Waals surface area contributed by atoms with Gasteiger partial charge in [0.1, 0.15) is 0 Å². The first-order valence-electron chi connectivity index (χ1n) is 11.1. The van der Waals surface area contributed by atoms with Crippen molar-refractivity contribution >= 4 is 11.9 Å². The van der Waals surface area contributed by atoms with Crippen LogP contribution in [0.1, 0.15) is 48.8 Å². The second-order valence-electron chi connectivity index (χ2n) is 8.74. The highest BCUT2D eigenvalue weighted by molar-refractivity contribution is 6.01. The molecule has 158 valence electrons. The maximum Gasteiger partial charge on any atom is 0.162 e. The van der Waals surface area contributed by atoms with Crippen LogP contribution in [0.2, 0.25) is 0 Å². The average molecular weight is 411 g/mol. The van der Waals surface area contributed by atoms with Gasteiger partial charge in [-0.15, -0.1) is 0 Å². The van der Waals surface area contributed by atoms with Crippen molar-refractivity contribution in [2.24, 2.45) is 11.8 Å². The van der Waals surface area contributed by atoms with Gasteiger partial charge in [0.05, 0.1) is 6.10 Å². The van der Waals surface area contributed by atoms with Crippen LogP contribution in [-0.4, -0.2) is 17.0 Å². The number of benzene rings is 3. The zero-order valence-electron chi connectivity index (χ0n) is 18.2. The Bertz CT molecular complexity index is 1020. The van der Waals surface area contributed by atoms with Crippen molar-refractivity contribution in [3.63, 3.8) is 0 Å². The van der Waals surface area contributed by atoms with E-state index >= 15 is 0 Å². The topological polar surface area (TPSA) is 37.3 Å². The molecule has 1 N–H and O–H groups in total. The van der Waals surface area contributed by atoms with Crippen LogP contribution in [0.5, 0.6) is 0 Å². The van der Waals surface area contributed by atoms with E-state index in [1.807, 2.05) is 79.7 Å². The highest BCUT2D eigenvalue weighted by Gasteiger charge is 2.46. The van der Waals surface area contributed by atoms with E-state index in [0.29, 0.717) is 6.42 Å². The van der Waals surface area contributed by atoms with Gasteiger partial charge in [-0.2, -0.15) is 0 Å². The van der Waals surface area contributed by atoms with Gasteiger partial charge >= 0.3 is 0 Å². The molecule has 1 saturated carbocycles. The summed E-state index contributed by atoms with van der Waals surface area (Å²) in [7, 11) is 0. The minimum atomic E-state index is -0.446. The van der Waals surface area contributed by atoms with Crippen molar-refractivity contribution in [3.05, 3.63) is 113 Å². The Labute approximate surface area is 185 Å². The smallest absolute Gasteiger partial charge is 0.162 e. The lowest BCUT2D eigenvalue weighted by atomic mass is 9.60. The fourth-order valence-electron chi connectivity index (χ4n) is 5.15. The lowest BCUT2D eigenvalue weighted by molar-refractivity contribution is -0.123. The molecule has 0 radical (unpaired) electrons. The Balaban J connectivity index is 1.80. The second-order valence-corrected chi connectivity index (χ2v) is 8.74. The van der Waals surface area contributed by atoms with Gasteiger partial charge in [0, 0.05) is 5.92 Å². The molecule has 1 aliphatic carbocycles. The van der Waals surface area contributed by atoms with Gasteiger partial charge in [0.25, 0.3) is 0 Å². The monoisotopic (exact) mass is 410 g/mol. The van der Waals surface area contributed by atoms with Crippen molar-refractivity contribution in [1.82, 2.24) is 0 Å². The van der Waals surface area contributed by atoms with Crippen LogP contribution >= 0.6 is 0 Å². The lowest BCUT2D eigenvalue weighted by Crippen LogP contribution is -2.43. The quantitative estimate of drug-likeness (QED) is 0.505. The third-order valence-electron chi connectivity index (χ3n) is 6.78. The molecule has 0 aliphatic heterocycles. The van der Waals surface area contributed by atoms with Crippen LogP contribution in [0, 0.1) is 11.8 Å². The molecule has 3 aromatic carbocycles. The predicted octanol–water partition coefficient (Wildman–Crippen LogP) is 6.24. The van der Waals surface area contributed by atoms with Crippen molar-refractivity contribution in [1.29, 1.82) is 0 Å². The van der Waals surface area contributed by atoms with Crippen molar-refractivity contribution in [2.45, 2.75) is 38.2 Å². The van der Waals surface area contributed by atoms with Crippen LogP contribution in [0.15, 0.2) is 96.6 Å². The van der Waals surface area contributed by atoms with Gasteiger partial charge in [-0.3, -0.25) is 4.79 Å². The number of hydrogen-bond donors (Lipinski definition) is 1. The maximum atomic E-state index is 14.0. The first kappa shape index (κ1) is 21.3. The summed E-state index contributed by atoms with van der Waals surface area (Å²) in [6, 6.07) is 30.4. The molecular weight excluding hydrogens is 380 g/mol. The Morgan fingerprint density at radius 2 is 1.35 bits per heavy atom. The fraction of sp³-hybridized carbons (Fsp3) is 0.276. The zero-order valence-corrected chi connectivity index (χ0v) is 18.2. The van der Waals surface area contributed by atoms with E-state index in [2.05, 4.69) is 31.2 Å². The zero-order chi connectivity index (χ0) is 21.8. The molecule has 0 heterocycles. The molecule has 0 amide bonds. The predicted molar refractivity (Wildman–Crippen MR) is 127 cm³/mol. The Morgan fingerprint density at radius 1 is 0.839 bits per heavy atom. The van der Waals surface area contributed by atoms with Crippen LogP contribution in [0.25, 0.3) is 6.08 Å². The molecule has 31 heavy (non-hydrogen) atoms. The van der Waals surface area contributed by atoms with E-state index in [0.717, 1.165) is 22.3 Å². The summed E-state index contributed by atoms with van der Waals surface area (Å²) >= 11 is 0. The van der Waals surface area contributed by atoms with Crippen molar-refractivity contribution < 1.29 is 9.90 Å². The normalized spacial score (nSPS) is 26.4. The third-order valence-corrected chi connectivity index (χ3v) is 6.78. The molecule has 2 heteroatoms. The summed E-state index contributed by atoms with van der Waals surface area (Å²) in [5.74, 6) is -0.111. The number of carbonyl (C=O) groups is 1. The van der Waals surface area contributed by atoms with E-state index in [4.69, 9.17) is 0 Å². The number of Topliss-reactive ketones (excluding diaryl/α,β-unsaturated/α-hetero) is 1. The van der Waals surface area contributed by atoms with E-state index in [1.54, 1.807) is 0 Å². The number of allylic oxidation sites excluding steroid dienone is 1. The first-order valence-corrected chi connectivity index (χ1v) is 11.1. The molecular formula is C29H30O2. The SMILES string of the molecule is C/C(=C\c1ccccc1)C(=O)C1C(c2ccccc2)CC(O)C(C)C1c1ccccc1. The summed E-state index contributed by atoms with van der Waals surface area (Å²) in [5, 5.41) is 11.0. The van der Waals surface area contributed by atoms with Crippen LogP contribution in [0.3, 0.4) is 0 Å². The minimum absolute atomic E-state index is 0.000775. The lowest BCUT2D eigenvalue weighted by Gasteiger charge is -2.44. The highest BCUT2D eigenvalue weighted by atomic mass is 16.3. The number of aliphatic hydroxyl groups excluding tert-OH is 1. The second kappa shape index (κ2) is 9.45. The molecule has 0 spiro atoms. The number of carbonyl (C=O) groups excluding carboxylic acids is 1. The summed E-state index contributed by atoms with van der Waals surface area (Å²) in [6.45, 7) is 4.01.